The van der Waals surface area contributed by atoms with Gasteiger partial charge in [0.2, 0.25) is 0 Å². The molecule has 1 aromatic carbocycles. The van der Waals surface area contributed by atoms with Gasteiger partial charge in [0.15, 0.2) is 0 Å². The lowest BCUT2D eigenvalue weighted by molar-refractivity contribution is 0.278. The molecule has 0 radical (unpaired) electrons. The molecule has 0 amide bonds. The third kappa shape index (κ3) is 1.97. The van der Waals surface area contributed by atoms with Crippen molar-refractivity contribution in [1.82, 2.24) is 4.90 Å². The van der Waals surface area contributed by atoms with Gasteiger partial charge in [-0.25, -0.2) is 4.39 Å². The average Bonchev–Trinajstić information content (AvgIpc) is 2.60. The molecule has 1 fully saturated rings. The molecule has 1 saturated heterocycles. The maximum Gasteiger partial charge on any atom is 0.123 e. The summed E-state index contributed by atoms with van der Waals surface area (Å²) in [4.78, 5) is 2.32. The molecule has 0 saturated carbocycles. The lowest BCUT2D eigenvalue weighted by atomic mass is 9.91. The fourth-order valence-corrected chi connectivity index (χ4v) is 2.74. The molecule has 3 heteroatoms. The number of nitrogens with zero attached hydrogens (tertiary/aromatic N) is 1. The lowest BCUT2D eigenvalue weighted by Crippen LogP contribution is -2.25. The molecule has 1 heterocycles. The number of halogens is 1. The number of nitrogens with two attached hydrogens (primary N) is 1. The summed E-state index contributed by atoms with van der Waals surface area (Å²) >= 11 is 0. The van der Waals surface area contributed by atoms with Crippen molar-refractivity contribution in [2.75, 3.05) is 20.1 Å². The van der Waals surface area contributed by atoms with Gasteiger partial charge in [0, 0.05) is 6.04 Å². The van der Waals surface area contributed by atoms with Crippen LogP contribution < -0.4 is 5.73 Å². The van der Waals surface area contributed by atoms with Gasteiger partial charge in [0.05, 0.1) is 0 Å². The summed E-state index contributed by atoms with van der Waals surface area (Å²) in [6, 6.07) is 5.40. The highest BCUT2D eigenvalue weighted by Gasteiger charge is 2.32. The van der Waals surface area contributed by atoms with Crippen molar-refractivity contribution < 1.29 is 4.39 Å². The first-order valence-electron chi connectivity index (χ1n) is 5.80. The van der Waals surface area contributed by atoms with E-state index >= 15 is 0 Å². The van der Waals surface area contributed by atoms with E-state index < -0.39 is 0 Å². The van der Waals surface area contributed by atoms with Gasteiger partial charge in [-0.2, -0.15) is 0 Å². The Morgan fingerprint density at radius 2 is 2.25 bits per heavy atom. The molecule has 2 nitrogen and oxygen atoms in total. The average molecular weight is 222 g/mol. The summed E-state index contributed by atoms with van der Waals surface area (Å²) in [6.07, 6.45) is 1.13. The minimum absolute atomic E-state index is 0.161. The second-order valence-corrected chi connectivity index (χ2v) is 4.71. The number of hydrogen-bond acceptors (Lipinski definition) is 2. The van der Waals surface area contributed by atoms with Crippen molar-refractivity contribution in [2.24, 2.45) is 11.7 Å². The van der Waals surface area contributed by atoms with Crippen LogP contribution in [-0.2, 0) is 0 Å². The highest BCUT2D eigenvalue weighted by molar-refractivity contribution is 5.30. The normalized spacial score (nSPS) is 26.2. The number of likely N-dealkylation sites (tertiary alicyclic amines) is 1. The van der Waals surface area contributed by atoms with Crippen molar-refractivity contribution in [2.45, 2.75) is 19.4 Å². The minimum Gasteiger partial charge on any atom is -0.330 e. The molecule has 1 aromatic rings. The molecular weight excluding hydrogens is 203 g/mol. The Balaban J connectivity index is 2.34. The molecular formula is C13H19FN2. The molecule has 0 aliphatic carbocycles. The molecule has 1 aliphatic rings. The van der Waals surface area contributed by atoms with E-state index in [1.165, 1.54) is 5.56 Å². The van der Waals surface area contributed by atoms with Crippen LogP contribution in [0.3, 0.4) is 0 Å². The quantitative estimate of drug-likeness (QED) is 0.830. The van der Waals surface area contributed by atoms with Crippen molar-refractivity contribution in [3.05, 3.63) is 35.1 Å². The van der Waals surface area contributed by atoms with E-state index in [4.69, 9.17) is 5.73 Å². The van der Waals surface area contributed by atoms with Crippen molar-refractivity contribution in [1.29, 1.82) is 0 Å². The molecule has 0 aromatic heterocycles. The zero-order valence-electron chi connectivity index (χ0n) is 9.91. The van der Waals surface area contributed by atoms with Crippen LogP contribution in [0.15, 0.2) is 18.2 Å². The SMILES string of the molecule is Cc1cc(F)ccc1C1C(CN)CCN1C. The summed E-state index contributed by atoms with van der Waals surface area (Å²) in [7, 11) is 2.11. The summed E-state index contributed by atoms with van der Waals surface area (Å²) in [5.74, 6) is 0.334. The molecule has 2 unspecified atom stereocenters. The molecule has 2 atom stereocenters. The Hall–Kier alpha value is -0.930. The summed E-state index contributed by atoms with van der Waals surface area (Å²) in [5, 5.41) is 0. The van der Waals surface area contributed by atoms with Crippen LogP contribution in [0.4, 0.5) is 4.39 Å². The Kier molecular flexibility index (Phi) is 3.26. The maximum atomic E-state index is 13.1. The minimum atomic E-state index is -0.161. The first-order chi connectivity index (χ1) is 7.63. The van der Waals surface area contributed by atoms with Gasteiger partial charge in [-0.05, 0) is 62.7 Å². The Morgan fingerprint density at radius 3 is 2.88 bits per heavy atom. The van der Waals surface area contributed by atoms with E-state index in [1.54, 1.807) is 12.1 Å². The number of hydrogen-bond donors (Lipinski definition) is 1. The van der Waals surface area contributed by atoms with Crippen LogP contribution >= 0.6 is 0 Å². The van der Waals surface area contributed by atoms with E-state index in [2.05, 4.69) is 11.9 Å². The predicted molar refractivity (Wildman–Crippen MR) is 63.7 cm³/mol. The third-order valence-corrected chi connectivity index (χ3v) is 3.63. The largest absolute Gasteiger partial charge is 0.330 e. The van der Waals surface area contributed by atoms with E-state index in [-0.39, 0.29) is 5.82 Å². The highest BCUT2D eigenvalue weighted by atomic mass is 19.1. The van der Waals surface area contributed by atoms with Crippen molar-refractivity contribution in [3.8, 4) is 0 Å². The Labute approximate surface area is 96.2 Å². The Bertz CT molecular complexity index is 378. The van der Waals surface area contributed by atoms with Gasteiger partial charge >= 0.3 is 0 Å². The van der Waals surface area contributed by atoms with Crippen molar-refractivity contribution in [3.63, 3.8) is 0 Å². The second kappa shape index (κ2) is 4.52. The van der Waals surface area contributed by atoms with E-state index in [9.17, 15) is 4.39 Å². The zero-order chi connectivity index (χ0) is 11.7. The van der Waals surface area contributed by atoms with E-state index in [0.717, 1.165) is 18.5 Å². The summed E-state index contributed by atoms with van der Waals surface area (Å²) < 4.78 is 13.1. The predicted octanol–water partition coefficient (Wildman–Crippen LogP) is 2.09. The zero-order valence-corrected chi connectivity index (χ0v) is 9.91. The van der Waals surface area contributed by atoms with Gasteiger partial charge in [-0.1, -0.05) is 6.07 Å². The lowest BCUT2D eigenvalue weighted by Gasteiger charge is -2.26. The first kappa shape index (κ1) is 11.6. The van der Waals surface area contributed by atoms with E-state index in [0.29, 0.717) is 18.5 Å². The number of aryl methyl sites for hydroxylation is 1. The fraction of sp³-hybridized carbons (Fsp3) is 0.538. The van der Waals surface area contributed by atoms with Crippen LogP contribution in [0.1, 0.15) is 23.6 Å². The topological polar surface area (TPSA) is 29.3 Å². The van der Waals surface area contributed by atoms with Crippen LogP contribution in [-0.4, -0.2) is 25.0 Å². The van der Waals surface area contributed by atoms with Crippen LogP contribution in [0.2, 0.25) is 0 Å². The molecule has 2 rings (SSSR count). The molecule has 16 heavy (non-hydrogen) atoms. The molecule has 0 spiro atoms. The first-order valence-corrected chi connectivity index (χ1v) is 5.80. The van der Waals surface area contributed by atoms with Gasteiger partial charge in [-0.3, -0.25) is 4.90 Å². The van der Waals surface area contributed by atoms with Gasteiger partial charge in [-0.15, -0.1) is 0 Å². The summed E-state index contributed by atoms with van der Waals surface area (Å²) in [5.41, 5.74) is 8.05. The smallest absolute Gasteiger partial charge is 0.123 e. The molecule has 0 bridgehead atoms. The fourth-order valence-electron chi connectivity index (χ4n) is 2.74. The summed E-state index contributed by atoms with van der Waals surface area (Å²) in [6.45, 7) is 3.74. The molecule has 2 N–H and O–H groups in total. The standard InChI is InChI=1S/C13H19FN2/c1-9-7-11(14)3-4-12(9)13-10(8-15)5-6-16(13)2/h3-4,7,10,13H,5-6,8,15H2,1-2H3. The second-order valence-electron chi connectivity index (χ2n) is 4.71. The van der Waals surface area contributed by atoms with Gasteiger partial charge in [0.25, 0.3) is 0 Å². The molecule has 88 valence electrons. The highest BCUT2D eigenvalue weighted by Crippen LogP contribution is 2.36. The van der Waals surface area contributed by atoms with Crippen LogP contribution in [0, 0.1) is 18.7 Å². The monoisotopic (exact) mass is 222 g/mol. The van der Waals surface area contributed by atoms with Gasteiger partial charge < -0.3 is 5.73 Å². The number of rotatable bonds is 2. The van der Waals surface area contributed by atoms with Crippen molar-refractivity contribution >= 4 is 0 Å². The third-order valence-electron chi connectivity index (χ3n) is 3.63. The van der Waals surface area contributed by atoms with E-state index in [1.807, 2.05) is 13.0 Å². The maximum absolute atomic E-state index is 13.1. The van der Waals surface area contributed by atoms with Crippen LogP contribution in [0.25, 0.3) is 0 Å². The van der Waals surface area contributed by atoms with Gasteiger partial charge in [0.1, 0.15) is 5.82 Å². The number of benzene rings is 1. The van der Waals surface area contributed by atoms with Crippen LogP contribution in [0.5, 0.6) is 0 Å². The Morgan fingerprint density at radius 1 is 1.50 bits per heavy atom. The molecule has 1 aliphatic heterocycles.